The van der Waals surface area contributed by atoms with Crippen LogP contribution in [0.1, 0.15) is 127 Å². The Labute approximate surface area is 802 Å². The van der Waals surface area contributed by atoms with Crippen LogP contribution in [0.4, 0.5) is 0 Å². The summed E-state index contributed by atoms with van der Waals surface area (Å²) in [5.74, 6) is 2.06. The monoisotopic (exact) mass is 2180 g/mol. The summed E-state index contributed by atoms with van der Waals surface area (Å²) >= 11 is 0. The third-order valence-electron chi connectivity index (χ3n) is 23.3. The highest BCUT2D eigenvalue weighted by Gasteiger charge is 2.53. The summed E-state index contributed by atoms with van der Waals surface area (Å²) in [5.41, 5.74) is -13.9. The number of phosphoric acid groups is 6. The summed E-state index contributed by atoms with van der Waals surface area (Å²) in [6, 6.07) is 0. The van der Waals surface area contributed by atoms with Gasteiger partial charge in [0.1, 0.15) is 123 Å². The largest absolute Gasteiger partial charge is 0.472 e. The zero-order valence-corrected chi connectivity index (χ0v) is 82.2. The Bertz CT molecular complexity index is 7250. The van der Waals surface area contributed by atoms with Crippen molar-refractivity contribution in [2.24, 2.45) is 0 Å². The van der Waals surface area contributed by atoms with Crippen molar-refractivity contribution in [3.05, 3.63) is 228 Å². The van der Waals surface area contributed by atoms with E-state index in [2.05, 4.69) is 15.9 Å². The molecule has 71 heteroatoms. The fourth-order valence-corrected chi connectivity index (χ4v) is 22.5. The van der Waals surface area contributed by atoms with Crippen LogP contribution in [0.25, 0.3) is 0 Å². The summed E-state index contributed by atoms with van der Waals surface area (Å²) in [6.07, 6.45) is -27.9. The lowest BCUT2D eigenvalue weighted by atomic mass is 10.2. The summed E-state index contributed by atoms with van der Waals surface area (Å²) in [7, 11) is -38.8. The fourth-order valence-electron chi connectivity index (χ4n) is 16.0. The first kappa shape index (κ1) is 110. The van der Waals surface area contributed by atoms with E-state index in [-0.39, 0.29) is 45.4 Å². The lowest BCUT2D eigenvalue weighted by Gasteiger charge is -2.26. The molecule has 0 spiro atoms. The molecule has 7 aromatic rings. The first-order valence-electron chi connectivity index (χ1n) is 43.0. The molecule has 7 aliphatic rings. The molecule has 7 fully saturated rings. The predicted octanol–water partition coefficient (Wildman–Crippen LogP) is -3.28. The first-order chi connectivity index (χ1) is 67.4. The minimum Gasteiger partial charge on any atom is -0.390 e. The number of aliphatic hydroxyl groups excluding tert-OH is 1. The highest BCUT2D eigenvalue weighted by molar-refractivity contribution is 7.50. The molecule has 792 valence electrons. The molecule has 144 heavy (non-hydrogen) atoms. The smallest absolute Gasteiger partial charge is 0.390 e. The zero-order valence-electron chi connectivity index (χ0n) is 75.9. The lowest BCUT2D eigenvalue weighted by Crippen LogP contribution is -2.33. The molecule has 64 nitrogen and oxygen atoms in total. The molecule has 0 bridgehead atoms. The van der Waals surface area contributed by atoms with Crippen LogP contribution < -0.4 is 83.8 Å². The van der Waals surface area contributed by atoms with Gasteiger partial charge in [-0.2, -0.15) is 0 Å². The van der Waals surface area contributed by atoms with E-state index in [1.54, 1.807) is 0 Å². The molecule has 7 unspecified atom stereocenters. The van der Waals surface area contributed by atoms with Gasteiger partial charge < -0.3 is 72.5 Å². The molecular formula is C73H96N15O49P7. The van der Waals surface area contributed by atoms with E-state index < -0.39 is 354 Å². The minimum absolute atomic E-state index is 0.00725. The maximum absolute atomic E-state index is 14.5. The number of H-pyrrole nitrogens is 7. The number of aromatic amines is 7. The van der Waals surface area contributed by atoms with E-state index in [0.29, 0.717) is 0 Å². The molecule has 14 rings (SSSR count). The number of ether oxygens (including phenoxy) is 7. The normalized spacial score (nSPS) is 29.5. The van der Waals surface area contributed by atoms with Crippen LogP contribution >= 0.6 is 54.7 Å². The molecule has 7 aliphatic heterocycles. The molecule has 0 aliphatic carbocycles. The predicted molar refractivity (Wildman–Crippen MR) is 475 cm³/mol. The zero-order chi connectivity index (χ0) is 105. The van der Waals surface area contributed by atoms with Crippen molar-refractivity contribution in [1.82, 2.24) is 71.9 Å². The lowest BCUT2D eigenvalue weighted by molar-refractivity contribution is -0.0661. The van der Waals surface area contributed by atoms with Crippen LogP contribution in [0, 0.1) is 60.8 Å². The number of aromatic nitrogens is 14. The maximum Gasteiger partial charge on any atom is 0.472 e. The summed E-state index contributed by atoms with van der Waals surface area (Å²) in [4.78, 5) is 273. The average Bonchev–Trinajstić information content (AvgIpc) is 1.65. The van der Waals surface area contributed by atoms with Gasteiger partial charge in [0.25, 0.3) is 38.9 Å². The van der Waals surface area contributed by atoms with E-state index in [1.807, 2.05) is 30.0 Å². The Morgan fingerprint density at radius 2 is 0.451 bits per heavy atom. The third-order valence-corrected chi connectivity index (χ3v) is 30.4. The Hall–Kier alpha value is -9.23. The maximum atomic E-state index is 14.5. The molecular weight excluding hydrogens is 2090 g/mol. The fraction of sp³-hybridized carbons (Fsp3) is 0.589. The molecule has 14 heterocycles. The van der Waals surface area contributed by atoms with Gasteiger partial charge in [-0.3, -0.25) is 159 Å². The second-order valence-electron chi connectivity index (χ2n) is 33.8. The van der Waals surface area contributed by atoms with Gasteiger partial charge in [0.05, 0.1) is 58.9 Å². The first-order valence-corrected chi connectivity index (χ1v) is 53.5. The Kier molecular flexibility index (Phi) is 34.0. The highest BCUT2D eigenvalue weighted by atomic mass is 31.2. The Balaban J connectivity index is 0.665. The average molecular weight is 2180 g/mol. The van der Waals surface area contributed by atoms with Crippen LogP contribution in [0.15, 0.2) is 111 Å². The van der Waals surface area contributed by atoms with Crippen LogP contribution in [-0.4, -0.2) is 244 Å². The second kappa shape index (κ2) is 44.3. The number of aryl methyl sites for hydroxylation is 7. The Morgan fingerprint density at radius 1 is 0.292 bits per heavy atom. The van der Waals surface area contributed by atoms with Crippen LogP contribution in [0.3, 0.4) is 0 Å². The van der Waals surface area contributed by atoms with Gasteiger partial charge in [-0.25, -0.2) is 70.6 Å². The molecule has 0 amide bonds. The SMILES string of the molecule is C#CCNP(=O)(O)OC[C@H]1O[C@@H](n2cc(C)c(=O)[nH]c2=O)C[C@@H]1OP(=O)(O)OC[C@H]1O[C@@H](n2cc(C)c(=O)[nH]c2=O)C[C@@H]1OP(=O)(O)OC[C@H]1O[C@@H](n2cc(C)c(=O)[nH]c2=O)C[C@@H]1OP(=O)(O)OC[C@H]1O[C@@H](n2cc(C)c(=O)[nH]c2=O)C[C@@H]1OP(=O)(O)OC[C@H]1O[C@@H](n2cc(C)c(=O)[nH]c2=O)C[C@@H]1OP(=O)(O)OC[C@H]1O[C@@H](n2cc(C)c(=O)[nH]c2=O)C[C@@H]1OP(=O)(O)OC[C@H]1O[C@@H](n2cc(C)c(=O)[nH]c2=O)C[C@@H]1O. The Morgan fingerprint density at radius 3 is 0.632 bits per heavy atom. The van der Waals surface area contributed by atoms with Gasteiger partial charge in [-0.1, -0.05) is 5.92 Å². The van der Waals surface area contributed by atoms with Crippen molar-refractivity contribution in [2.75, 3.05) is 52.8 Å². The molecule has 0 saturated carbocycles. The number of rotatable bonds is 42. The van der Waals surface area contributed by atoms with Crippen LogP contribution in [-0.2, 0) is 124 Å². The van der Waals surface area contributed by atoms with Gasteiger partial charge in [-0.05, 0) is 48.5 Å². The van der Waals surface area contributed by atoms with E-state index in [0.717, 1.165) is 75.3 Å². The van der Waals surface area contributed by atoms with Crippen LogP contribution in [0.2, 0.25) is 0 Å². The number of hydrogen-bond acceptors (Lipinski definition) is 42. The van der Waals surface area contributed by atoms with Crippen LogP contribution in [0.5, 0.6) is 0 Å². The standard InChI is InChI=1S/C73H96N15O49P7/c1-9-10-74-138(104,105)118-26-47-40(12-54(126-47)83-19-33(3)61(91)76-68(83)98)132-140(108,109)120-28-49-42(14-56(128-49)85-21-35(5)63(93)78-70(85)100)134-142(112,113)122-30-51-44(16-58(130-51)87-23-37(7)65(95)80-72(87)102)136-144(116,117)124-31-52-45(17-59(131-52)88-24-38(8)66(96)81-73(88)103)137-143(114,115)123-29-50-43(15-57(129-50)86-22-36(6)64(94)79-71(86)101)135-141(110,111)121-27-48-41(13-55(127-48)84-20-34(4)62(92)77-69(84)99)133-139(106,107)119-25-46-39(89)11-53(125-46)82-18-32(2)60(90)75-67(82)97/h1,18-24,39-59,89H,10-17,25-31H2,2-8H3,(H,106,107)(H,108,109)(H,110,111)(H,112,113)(H,114,115)(H,116,117)(H2,74,104,105)(H,75,90,97)(H,76,91,98)(H,77,92,99)(H,78,93,100)(H,79,94,101)(H,80,95,102)(H,81,96,103)/t39-,40-,41-,42-,43-,44-,45-,46+,47+,48+,49+,50+,51+,52+,53+,54+,55+,56+,57+,58+,59+/m0/s1. The van der Waals surface area contributed by atoms with Gasteiger partial charge in [0, 0.05) is 127 Å². The van der Waals surface area contributed by atoms with Gasteiger partial charge >= 0.3 is 94.5 Å². The van der Waals surface area contributed by atoms with Gasteiger partial charge in [-0.15, -0.1) is 6.42 Å². The third kappa shape index (κ3) is 27.1. The summed E-state index contributed by atoms with van der Waals surface area (Å²) in [6.45, 7) is 0.566. The molecule has 16 N–H and O–H groups in total. The van der Waals surface area contributed by atoms with Crippen molar-refractivity contribution in [1.29, 1.82) is 0 Å². The van der Waals surface area contributed by atoms with Gasteiger partial charge in [0.15, 0.2) is 0 Å². The molecule has 7 aromatic heterocycles. The van der Waals surface area contributed by atoms with Crippen molar-refractivity contribution in [3.8, 4) is 12.3 Å². The number of phosphoric ester groups is 6. The number of nitrogens with zero attached hydrogens (tertiary/aromatic N) is 7. The second-order valence-corrected chi connectivity index (χ2v) is 43.8. The highest BCUT2D eigenvalue weighted by Crippen LogP contribution is 2.58. The van der Waals surface area contributed by atoms with Gasteiger partial charge in [0.2, 0.25) is 0 Å². The molecule has 28 atom stereocenters. The summed E-state index contributed by atoms with van der Waals surface area (Å²) < 4.78 is 216. The minimum atomic E-state index is -5.82. The molecule has 0 aromatic carbocycles. The number of aliphatic hydroxyl groups is 1. The number of nitrogens with one attached hydrogen (secondary N) is 8. The molecule has 0 radical (unpaired) electrons. The van der Waals surface area contributed by atoms with Crippen molar-refractivity contribution < 1.29 is 163 Å². The van der Waals surface area contributed by atoms with Crippen molar-refractivity contribution in [2.45, 2.75) is 222 Å². The number of hydrogen-bond donors (Lipinski definition) is 16. The topological polar surface area (TPSA) is 862 Å². The van der Waals surface area contributed by atoms with E-state index >= 15 is 0 Å². The van der Waals surface area contributed by atoms with Crippen molar-refractivity contribution >= 4 is 54.7 Å². The van der Waals surface area contributed by atoms with E-state index in [4.69, 9.17) is 98.4 Å². The summed E-state index contributed by atoms with van der Waals surface area (Å²) in [5, 5.41) is 12.9. The number of terminal acetylenes is 1. The molecule has 7 saturated heterocycles. The van der Waals surface area contributed by atoms with Crippen molar-refractivity contribution in [3.63, 3.8) is 0 Å². The quantitative estimate of drug-likeness (QED) is 0.0132. The van der Waals surface area contributed by atoms with E-state index in [9.17, 15) is 138 Å². The van der Waals surface area contributed by atoms with E-state index in [1.165, 1.54) is 48.5 Å².